The topological polar surface area (TPSA) is 77.3 Å². The number of benzene rings is 2. The zero-order valence-corrected chi connectivity index (χ0v) is 16.4. The lowest BCUT2D eigenvalue weighted by Gasteiger charge is -2.06. The molecule has 28 heavy (non-hydrogen) atoms. The van der Waals surface area contributed by atoms with E-state index in [9.17, 15) is 4.79 Å². The summed E-state index contributed by atoms with van der Waals surface area (Å²) in [6.45, 7) is 4.50. The third-order valence-corrected chi connectivity index (χ3v) is 5.16. The molecule has 0 amide bonds. The van der Waals surface area contributed by atoms with E-state index in [-0.39, 0.29) is 0 Å². The smallest absolute Gasteiger partial charge is 0.346 e. The van der Waals surface area contributed by atoms with Gasteiger partial charge >= 0.3 is 5.63 Å². The maximum atomic E-state index is 12.5. The first-order chi connectivity index (χ1) is 13.7. The molecule has 0 fully saturated rings. The molecule has 0 aliphatic rings. The molecule has 0 bridgehead atoms. The summed E-state index contributed by atoms with van der Waals surface area (Å²) in [4.78, 5) is 12.5. The van der Waals surface area contributed by atoms with Crippen molar-refractivity contribution in [2.45, 2.75) is 20.3 Å². The number of anilines is 2. The third-order valence-electron chi connectivity index (χ3n) is 4.29. The van der Waals surface area contributed by atoms with Gasteiger partial charge < -0.3 is 14.5 Å². The highest BCUT2D eigenvalue weighted by Gasteiger charge is 2.15. The Morgan fingerprint density at radius 3 is 2.68 bits per heavy atom. The zero-order chi connectivity index (χ0) is 19.5. The molecule has 0 atom stereocenters. The zero-order valence-electron chi connectivity index (χ0n) is 15.6. The Hall–Kier alpha value is -3.19. The summed E-state index contributed by atoms with van der Waals surface area (Å²) in [5.41, 5.74) is 2.55. The van der Waals surface area contributed by atoms with Crippen LogP contribution in [0.15, 0.2) is 57.7 Å². The van der Waals surface area contributed by atoms with Crippen molar-refractivity contribution in [1.82, 2.24) is 10.2 Å². The number of aryl methyl sites for hydroxylation is 1. The van der Waals surface area contributed by atoms with Crippen LogP contribution in [0.25, 0.3) is 21.5 Å². The number of ether oxygens (including phenoxy) is 1. The molecule has 0 saturated carbocycles. The number of fused-ring (bicyclic) bond motifs is 1. The molecule has 4 aromatic rings. The van der Waals surface area contributed by atoms with Gasteiger partial charge in [0.15, 0.2) is 16.3 Å². The van der Waals surface area contributed by atoms with Crippen molar-refractivity contribution < 1.29 is 9.15 Å². The molecule has 4 rings (SSSR count). The predicted octanol–water partition coefficient (Wildman–Crippen LogP) is 5.02. The van der Waals surface area contributed by atoms with E-state index in [1.54, 1.807) is 12.1 Å². The van der Waals surface area contributed by atoms with Crippen LogP contribution >= 0.6 is 11.3 Å². The number of para-hydroxylation sites is 1. The normalized spacial score (nSPS) is 10.9. The van der Waals surface area contributed by atoms with Crippen molar-refractivity contribution in [2.75, 3.05) is 11.9 Å². The second-order valence-corrected chi connectivity index (χ2v) is 7.12. The van der Waals surface area contributed by atoms with Gasteiger partial charge in [-0.3, -0.25) is 0 Å². The van der Waals surface area contributed by atoms with Crippen molar-refractivity contribution >= 4 is 33.1 Å². The standard InChI is InChI=1S/C21H19N3O3S/c1-3-13-8-10-15(11-9-13)22-21-24-23-19(28-21)16-12-14-6-5-7-17(26-4-2)18(14)27-20(16)25/h5-12H,3-4H2,1-2H3,(H,22,24). The fraction of sp³-hybridized carbons (Fsp3) is 0.190. The summed E-state index contributed by atoms with van der Waals surface area (Å²) in [6.07, 6.45) is 0.992. The Morgan fingerprint density at radius 1 is 1.11 bits per heavy atom. The van der Waals surface area contributed by atoms with Crippen molar-refractivity contribution in [3.8, 4) is 16.3 Å². The first-order valence-corrected chi connectivity index (χ1v) is 9.89. The summed E-state index contributed by atoms with van der Waals surface area (Å²) < 4.78 is 11.1. The second kappa shape index (κ2) is 7.82. The van der Waals surface area contributed by atoms with Gasteiger partial charge in [0.1, 0.15) is 0 Å². The quantitative estimate of drug-likeness (QED) is 0.464. The Labute approximate surface area is 165 Å². The lowest BCUT2D eigenvalue weighted by Crippen LogP contribution is -2.03. The van der Waals surface area contributed by atoms with E-state index >= 15 is 0 Å². The lowest BCUT2D eigenvalue weighted by atomic mass is 10.1. The minimum Gasteiger partial charge on any atom is -0.490 e. The summed E-state index contributed by atoms with van der Waals surface area (Å²) in [5.74, 6) is 0.554. The van der Waals surface area contributed by atoms with E-state index in [1.165, 1.54) is 16.9 Å². The van der Waals surface area contributed by atoms with Crippen LogP contribution in [0.5, 0.6) is 5.75 Å². The largest absolute Gasteiger partial charge is 0.490 e. The van der Waals surface area contributed by atoms with Crippen LogP contribution in [0, 0.1) is 0 Å². The Morgan fingerprint density at radius 2 is 1.93 bits per heavy atom. The first kappa shape index (κ1) is 18.2. The van der Waals surface area contributed by atoms with Gasteiger partial charge in [-0.25, -0.2) is 4.79 Å². The molecular weight excluding hydrogens is 374 g/mol. The Bertz CT molecular complexity index is 1170. The summed E-state index contributed by atoms with van der Waals surface area (Å²) in [7, 11) is 0. The van der Waals surface area contributed by atoms with E-state index in [2.05, 4.69) is 34.6 Å². The summed E-state index contributed by atoms with van der Waals surface area (Å²) >= 11 is 1.30. The van der Waals surface area contributed by atoms with Crippen molar-refractivity contribution in [2.24, 2.45) is 0 Å². The maximum Gasteiger partial charge on any atom is 0.346 e. The van der Waals surface area contributed by atoms with Crippen LogP contribution in [-0.2, 0) is 6.42 Å². The van der Waals surface area contributed by atoms with Gasteiger partial charge in [0.2, 0.25) is 5.13 Å². The minimum atomic E-state index is -0.463. The highest BCUT2D eigenvalue weighted by molar-refractivity contribution is 7.18. The monoisotopic (exact) mass is 393 g/mol. The van der Waals surface area contributed by atoms with Crippen LogP contribution in [0.4, 0.5) is 10.8 Å². The highest BCUT2D eigenvalue weighted by Crippen LogP contribution is 2.31. The molecule has 2 aromatic carbocycles. The van der Waals surface area contributed by atoms with Gasteiger partial charge in [-0.2, -0.15) is 0 Å². The fourth-order valence-corrected chi connectivity index (χ4v) is 3.63. The SMILES string of the molecule is CCOc1cccc2cc(-c3nnc(Nc4ccc(CC)cc4)s3)c(=O)oc12. The average molecular weight is 393 g/mol. The van der Waals surface area contributed by atoms with E-state index < -0.39 is 5.63 Å². The van der Waals surface area contributed by atoms with Crippen LogP contribution in [0.2, 0.25) is 0 Å². The van der Waals surface area contributed by atoms with Gasteiger partial charge in [-0.15, -0.1) is 10.2 Å². The highest BCUT2D eigenvalue weighted by atomic mass is 32.1. The number of hydrogen-bond acceptors (Lipinski definition) is 7. The molecule has 0 spiro atoms. The van der Waals surface area contributed by atoms with Crippen LogP contribution in [-0.4, -0.2) is 16.8 Å². The molecule has 0 aliphatic heterocycles. The first-order valence-electron chi connectivity index (χ1n) is 9.07. The lowest BCUT2D eigenvalue weighted by molar-refractivity contribution is 0.337. The molecule has 142 valence electrons. The maximum absolute atomic E-state index is 12.5. The Kier molecular flexibility index (Phi) is 5.08. The third kappa shape index (κ3) is 3.61. The predicted molar refractivity (Wildman–Crippen MR) is 112 cm³/mol. The van der Waals surface area contributed by atoms with Gasteiger partial charge in [-0.1, -0.05) is 42.5 Å². The number of nitrogens with zero attached hydrogens (tertiary/aromatic N) is 2. The molecule has 1 N–H and O–H groups in total. The van der Waals surface area contributed by atoms with E-state index in [0.717, 1.165) is 17.5 Å². The molecule has 0 unspecified atom stereocenters. The summed E-state index contributed by atoms with van der Waals surface area (Å²) in [5, 5.41) is 13.4. The van der Waals surface area contributed by atoms with Crippen LogP contribution < -0.4 is 15.7 Å². The van der Waals surface area contributed by atoms with E-state index in [1.807, 2.05) is 31.2 Å². The number of hydrogen-bond donors (Lipinski definition) is 1. The molecule has 2 aromatic heterocycles. The number of rotatable bonds is 6. The Balaban J connectivity index is 1.65. The van der Waals surface area contributed by atoms with Gasteiger partial charge in [0.25, 0.3) is 0 Å². The van der Waals surface area contributed by atoms with E-state index in [0.29, 0.717) is 33.6 Å². The number of aromatic nitrogens is 2. The van der Waals surface area contributed by atoms with Gasteiger partial charge in [-0.05, 0) is 43.2 Å². The minimum absolute atomic E-state index is 0.382. The van der Waals surface area contributed by atoms with Gasteiger partial charge in [0, 0.05) is 11.1 Å². The molecular formula is C21H19N3O3S. The van der Waals surface area contributed by atoms with Crippen molar-refractivity contribution in [3.63, 3.8) is 0 Å². The molecule has 0 saturated heterocycles. The average Bonchev–Trinajstić information content (AvgIpc) is 3.17. The van der Waals surface area contributed by atoms with Crippen molar-refractivity contribution in [1.29, 1.82) is 0 Å². The number of nitrogens with one attached hydrogen (secondary N) is 1. The van der Waals surface area contributed by atoms with Crippen LogP contribution in [0.3, 0.4) is 0 Å². The summed E-state index contributed by atoms with van der Waals surface area (Å²) in [6, 6.07) is 15.4. The second-order valence-electron chi connectivity index (χ2n) is 6.14. The van der Waals surface area contributed by atoms with E-state index in [4.69, 9.17) is 9.15 Å². The fourth-order valence-electron chi connectivity index (χ4n) is 2.87. The van der Waals surface area contributed by atoms with Crippen molar-refractivity contribution in [3.05, 3.63) is 64.5 Å². The van der Waals surface area contributed by atoms with Crippen LogP contribution in [0.1, 0.15) is 19.4 Å². The molecule has 6 nitrogen and oxygen atoms in total. The molecule has 2 heterocycles. The molecule has 0 aliphatic carbocycles. The van der Waals surface area contributed by atoms with Gasteiger partial charge in [0.05, 0.1) is 12.2 Å². The molecule has 0 radical (unpaired) electrons. The molecule has 7 heteroatoms.